The van der Waals surface area contributed by atoms with Crippen LogP contribution in [0.5, 0.6) is 0 Å². The molecular formula is C19H23FN4O2. The van der Waals surface area contributed by atoms with Crippen LogP contribution >= 0.6 is 0 Å². The predicted octanol–water partition coefficient (Wildman–Crippen LogP) is 2.98. The van der Waals surface area contributed by atoms with Gasteiger partial charge in [-0.05, 0) is 19.4 Å². The molecule has 1 spiro atoms. The summed E-state index contributed by atoms with van der Waals surface area (Å²) < 4.78 is 26.4. The van der Waals surface area contributed by atoms with Crippen molar-refractivity contribution in [1.82, 2.24) is 9.97 Å². The third kappa shape index (κ3) is 3.24. The van der Waals surface area contributed by atoms with Gasteiger partial charge in [-0.15, -0.1) is 0 Å². The van der Waals surface area contributed by atoms with Crippen LogP contribution in [0.3, 0.4) is 0 Å². The Morgan fingerprint density at radius 3 is 2.69 bits per heavy atom. The predicted molar refractivity (Wildman–Crippen MR) is 96.2 cm³/mol. The van der Waals surface area contributed by atoms with Crippen LogP contribution in [0.4, 0.5) is 16.2 Å². The first-order valence-electron chi connectivity index (χ1n) is 8.96. The Balaban J connectivity index is 1.74. The van der Waals surface area contributed by atoms with E-state index in [1.165, 1.54) is 6.07 Å². The lowest BCUT2D eigenvalue weighted by molar-refractivity contribution is -0.163. The van der Waals surface area contributed by atoms with Gasteiger partial charge in [0.25, 0.3) is 0 Å². The lowest BCUT2D eigenvalue weighted by Crippen LogP contribution is -2.33. The molecule has 26 heavy (non-hydrogen) atoms. The first kappa shape index (κ1) is 17.2. The van der Waals surface area contributed by atoms with Gasteiger partial charge in [-0.25, -0.2) is 9.37 Å². The van der Waals surface area contributed by atoms with Gasteiger partial charge in [0.15, 0.2) is 5.79 Å². The van der Waals surface area contributed by atoms with Crippen LogP contribution < -0.4 is 10.6 Å². The van der Waals surface area contributed by atoms with Gasteiger partial charge in [0, 0.05) is 36.7 Å². The van der Waals surface area contributed by atoms with Gasteiger partial charge >= 0.3 is 0 Å². The maximum atomic E-state index is 14.6. The molecule has 0 amide bonds. The molecule has 0 saturated carbocycles. The summed E-state index contributed by atoms with van der Waals surface area (Å²) in [5, 5.41) is 0. The minimum Gasteiger partial charge on any atom is -0.368 e. The molecule has 2 saturated heterocycles. The molecule has 0 aliphatic carbocycles. The molecule has 2 aliphatic rings. The molecule has 0 radical (unpaired) electrons. The molecule has 1 atom stereocenters. The molecule has 2 N–H and O–H groups in total. The average molecular weight is 358 g/mol. The number of aromatic nitrogens is 2. The van der Waals surface area contributed by atoms with Gasteiger partial charge in [0.05, 0.1) is 19.3 Å². The highest BCUT2D eigenvalue weighted by atomic mass is 19.1. The summed E-state index contributed by atoms with van der Waals surface area (Å²) in [6.07, 6.45) is 2.10. The average Bonchev–Trinajstić information content (AvgIpc) is 2.98. The van der Waals surface area contributed by atoms with Gasteiger partial charge in [0.1, 0.15) is 11.6 Å². The van der Waals surface area contributed by atoms with Crippen LogP contribution in [0, 0.1) is 12.7 Å². The van der Waals surface area contributed by atoms with Crippen molar-refractivity contribution in [1.29, 1.82) is 0 Å². The Bertz CT molecular complexity index is 775. The summed E-state index contributed by atoms with van der Waals surface area (Å²) >= 11 is 0. The Morgan fingerprint density at radius 1 is 1.19 bits per heavy atom. The van der Waals surface area contributed by atoms with Gasteiger partial charge < -0.3 is 20.1 Å². The van der Waals surface area contributed by atoms with E-state index in [4.69, 9.17) is 15.2 Å². The Morgan fingerprint density at radius 2 is 1.96 bits per heavy atom. The second-order valence-electron chi connectivity index (χ2n) is 6.85. The molecule has 7 heteroatoms. The fraction of sp³-hybridized carbons (Fsp3) is 0.474. The molecule has 2 fully saturated rings. The van der Waals surface area contributed by atoms with E-state index in [1.807, 2.05) is 25.1 Å². The van der Waals surface area contributed by atoms with E-state index in [9.17, 15) is 4.39 Å². The zero-order chi connectivity index (χ0) is 18.1. The molecule has 2 aliphatic heterocycles. The highest BCUT2D eigenvalue weighted by Crippen LogP contribution is 2.41. The van der Waals surface area contributed by atoms with Crippen molar-refractivity contribution >= 4 is 11.8 Å². The van der Waals surface area contributed by atoms with Crippen molar-refractivity contribution in [3.8, 4) is 0 Å². The number of halogens is 1. The summed E-state index contributed by atoms with van der Waals surface area (Å²) in [5.74, 6) is 0.134. The zero-order valence-electron chi connectivity index (χ0n) is 14.8. The second-order valence-corrected chi connectivity index (χ2v) is 6.85. The molecule has 3 heterocycles. The van der Waals surface area contributed by atoms with Crippen molar-refractivity contribution in [3.63, 3.8) is 0 Å². The van der Waals surface area contributed by atoms with E-state index in [0.29, 0.717) is 50.4 Å². The first-order valence-corrected chi connectivity index (χ1v) is 8.96. The number of aryl methyl sites for hydroxylation is 1. The summed E-state index contributed by atoms with van der Waals surface area (Å²) in [6, 6.07) is 8.61. The van der Waals surface area contributed by atoms with Crippen LogP contribution in [-0.2, 0) is 9.47 Å². The maximum Gasteiger partial charge on any atom is 0.222 e. The minimum atomic E-state index is -0.578. The van der Waals surface area contributed by atoms with Crippen LogP contribution in [0.25, 0.3) is 0 Å². The number of benzene rings is 1. The normalized spacial score (nSPS) is 22.5. The number of rotatable bonds is 2. The minimum absolute atomic E-state index is 0.169. The number of hydrogen-bond acceptors (Lipinski definition) is 6. The van der Waals surface area contributed by atoms with Gasteiger partial charge in [-0.3, -0.25) is 0 Å². The number of anilines is 2. The van der Waals surface area contributed by atoms with Gasteiger partial charge in [-0.2, -0.15) is 4.98 Å². The molecule has 0 bridgehead atoms. The van der Waals surface area contributed by atoms with E-state index in [2.05, 4.69) is 14.9 Å². The fourth-order valence-electron chi connectivity index (χ4n) is 3.93. The Kier molecular flexibility index (Phi) is 4.50. The fourth-order valence-corrected chi connectivity index (χ4v) is 3.93. The summed E-state index contributed by atoms with van der Waals surface area (Å²) in [6.45, 7) is 3.71. The summed E-state index contributed by atoms with van der Waals surface area (Å²) in [4.78, 5) is 10.7. The van der Waals surface area contributed by atoms with Gasteiger partial charge in [-0.1, -0.05) is 18.2 Å². The SMILES string of the molecule is Cc1cc(N2CCC3(CC[C@@H]2c2ccccc2F)OCCO3)nc(N)n1. The number of nitrogens with two attached hydrogens (primary N) is 1. The van der Waals surface area contributed by atoms with Crippen LogP contribution in [0.15, 0.2) is 30.3 Å². The second kappa shape index (κ2) is 6.81. The largest absolute Gasteiger partial charge is 0.368 e. The maximum absolute atomic E-state index is 14.6. The Labute approximate surface area is 152 Å². The molecular weight excluding hydrogens is 335 g/mol. The van der Waals surface area contributed by atoms with E-state index in [1.54, 1.807) is 6.07 Å². The summed E-state index contributed by atoms with van der Waals surface area (Å²) in [7, 11) is 0. The van der Waals surface area contributed by atoms with E-state index < -0.39 is 5.79 Å². The van der Waals surface area contributed by atoms with E-state index >= 15 is 0 Å². The number of nitrogens with zero attached hydrogens (tertiary/aromatic N) is 3. The number of hydrogen-bond donors (Lipinski definition) is 1. The summed E-state index contributed by atoms with van der Waals surface area (Å²) in [5.41, 5.74) is 7.30. The first-order chi connectivity index (χ1) is 12.6. The lowest BCUT2D eigenvalue weighted by Gasteiger charge is -2.31. The van der Waals surface area contributed by atoms with Gasteiger partial charge in [0.2, 0.25) is 5.95 Å². The third-order valence-corrected chi connectivity index (χ3v) is 5.14. The smallest absolute Gasteiger partial charge is 0.222 e. The molecule has 1 aromatic heterocycles. The molecule has 2 aromatic rings. The molecule has 1 aromatic carbocycles. The quantitative estimate of drug-likeness (QED) is 0.890. The van der Waals surface area contributed by atoms with E-state index in [-0.39, 0.29) is 17.8 Å². The zero-order valence-corrected chi connectivity index (χ0v) is 14.8. The van der Waals surface area contributed by atoms with Crippen LogP contribution in [0.2, 0.25) is 0 Å². The van der Waals surface area contributed by atoms with Crippen molar-refractivity contribution in [2.45, 2.75) is 38.0 Å². The molecule has 138 valence electrons. The molecule has 6 nitrogen and oxygen atoms in total. The molecule has 4 rings (SSSR count). The highest BCUT2D eigenvalue weighted by Gasteiger charge is 2.41. The standard InChI is InChI=1S/C19H23FN4O2/c1-13-12-17(23-18(21)22-13)24-9-8-19(25-10-11-26-19)7-6-16(24)14-4-2-3-5-15(14)20/h2-5,12,16H,6-11H2,1H3,(H2,21,22,23)/t16-/m1/s1. The van der Waals surface area contributed by atoms with Crippen molar-refractivity contribution in [3.05, 3.63) is 47.4 Å². The van der Waals surface area contributed by atoms with Crippen molar-refractivity contribution in [2.24, 2.45) is 0 Å². The van der Waals surface area contributed by atoms with Crippen molar-refractivity contribution < 1.29 is 13.9 Å². The lowest BCUT2D eigenvalue weighted by atomic mass is 9.98. The van der Waals surface area contributed by atoms with E-state index in [0.717, 1.165) is 5.69 Å². The third-order valence-electron chi connectivity index (χ3n) is 5.14. The topological polar surface area (TPSA) is 73.5 Å². The molecule has 0 unspecified atom stereocenters. The Hall–Kier alpha value is -2.25. The highest BCUT2D eigenvalue weighted by molar-refractivity contribution is 5.47. The van der Waals surface area contributed by atoms with Crippen molar-refractivity contribution in [2.75, 3.05) is 30.4 Å². The number of ether oxygens (including phenoxy) is 2. The number of nitrogen functional groups attached to an aromatic ring is 1. The van der Waals surface area contributed by atoms with Crippen LogP contribution in [-0.4, -0.2) is 35.5 Å². The monoisotopic (exact) mass is 358 g/mol. The van der Waals surface area contributed by atoms with Crippen LogP contribution in [0.1, 0.15) is 36.6 Å².